The van der Waals surface area contributed by atoms with Gasteiger partial charge in [-0.3, -0.25) is 9.69 Å². The second kappa shape index (κ2) is 7.84. The highest BCUT2D eigenvalue weighted by Gasteiger charge is 2.23. The molecule has 0 radical (unpaired) electrons. The fourth-order valence-corrected chi connectivity index (χ4v) is 2.46. The lowest BCUT2D eigenvalue weighted by Gasteiger charge is -2.28. The van der Waals surface area contributed by atoms with Gasteiger partial charge in [0.15, 0.2) is 0 Å². The Labute approximate surface area is 135 Å². The fraction of sp³-hybridized carbons (Fsp3) is 0.938. The molecule has 1 N–H and O–H groups in total. The van der Waals surface area contributed by atoms with Crippen molar-refractivity contribution in [1.29, 1.82) is 0 Å². The standard InChI is InChI=1S/C16H32N2O2S/c1-13-6-8-18(10-13)11-14(19)17-12-15(2,3)20-9-7-16(4,5)21/h13,21H,6-12H2,1-5H3,(H,17,19). The topological polar surface area (TPSA) is 41.6 Å². The molecule has 0 aromatic carbocycles. The molecule has 1 saturated heterocycles. The minimum Gasteiger partial charge on any atom is -0.374 e. The number of ether oxygens (including phenoxy) is 1. The van der Waals surface area contributed by atoms with Crippen molar-refractivity contribution in [1.82, 2.24) is 10.2 Å². The Bertz CT molecular complexity index is 340. The predicted molar refractivity (Wildman–Crippen MR) is 90.9 cm³/mol. The van der Waals surface area contributed by atoms with Crippen LogP contribution in [0.3, 0.4) is 0 Å². The van der Waals surface area contributed by atoms with Crippen LogP contribution in [0.2, 0.25) is 0 Å². The maximum Gasteiger partial charge on any atom is 0.234 e. The second-order valence-electron chi connectivity index (χ2n) is 7.58. The van der Waals surface area contributed by atoms with E-state index in [0.29, 0.717) is 25.6 Å². The van der Waals surface area contributed by atoms with Crippen LogP contribution < -0.4 is 5.32 Å². The molecule has 0 bridgehead atoms. The summed E-state index contributed by atoms with van der Waals surface area (Å²) in [5, 5.41) is 2.99. The zero-order chi connectivity index (χ0) is 16.1. The molecule has 0 aromatic heterocycles. The Morgan fingerprint density at radius 1 is 1.38 bits per heavy atom. The number of nitrogens with one attached hydrogen (secondary N) is 1. The zero-order valence-electron chi connectivity index (χ0n) is 14.2. The molecule has 1 aliphatic rings. The first-order chi connectivity index (χ1) is 9.57. The van der Waals surface area contributed by atoms with Gasteiger partial charge < -0.3 is 10.1 Å². The molecule has 0 saturated carbocycles. The summed E-state index contributed by atoms with van der Waals surface area (Å²) in [6, 6.07) is 0. The third-order valence-electron chi connectivity index (χ3n) is 3.79. The molecular formula is C16H32N2O2S. The van der Waals surface area contributed by atoms with Crippen LogP contribution in [0.1, 0.15) is 47.5 Å². The van der Waals surface area contributed by atoms with Crippen molar-refractivity contribution < 1.29 is 9.53 Å². The number of likely N-dealkylation sites (tertiary alicyclic amines) is 1. The van der Waals surface area contributed by atoms with Crippen molar-refractivity contribution in [2.75, 3.05) is 32.8 Å². The van der Waals surface area contributed by atoms with Gasteiger partial charge in [0.1, 0.15) is 0 Å². The van der Waals surface area contributed by atoms with Gasteiger partial charge in [0.2, 0.25) is 5.91 Å². The van der Waals surface area contributed by atoms with E-state index in [2.05, 4.69) is 43.6 Å². The summed E-state index contributed by atoms with van der Waals surface area (Å²) >= 11 is 4.49. The van der Waals surface area contributed by atoms with E-state index < -0.39 is 0 Å². The van der Waals surface area contributed by atoms with Crippen molar-refractivity contribution in [3.8, 4) is 0 Å². The summed E-state index contributed by atoms with van der Waals surface area (Å²) < 4.78 is 5.84. The second-order valence-corrected chi connectivity index (χ2v) is 8.79. The number of carbonyl (C=O) groups excluding carboxylic acids is 1. The number of nitrogens with zero attached hydrogens (tertiary/aromatic N) is 1. The van der Waals surface area contributed by atoms with E-state index in [9.17, 15) is 4.79 Å². The van der Waals surface area contributed by atoms with Gasteiger partial charge in [0.25, 0.3) is 0 Å². The lowest BCUT2D eigenvalue weighted by atomic mass is 10.1. The van der Waals surface area contributed by atoms with Gasteiger partial charge in [-0.1, -0.05) is 20.8 Å². The van der Waals surface area contributed by atoms with Crippen molar-refractivity contribution in [3.63, 3.8) is 0 Å². The summed E-state index contributed by atoms with van der Waals surface area (Å²) in [5.41, 5.74) is -0.340. The van der Waals surface area contributed by atoms with E-state index in [1.807, 2.05) is 13.8 Å². The van der Waals surface area contributed by atoms with Crippen LogP contribution in [-0.4, -0.2) is 53.9 Å². The van der Waals surface area contributed by atoms with Crippen molar-refractivity contribution in [3.05, 3.63) is 0 Å². The summed E-state index contributed by atoms with van der Waals surface area (Å²) in [6.45, 7) is 14.2. The Hall–Kier alpha value is -0.260. The Balaban J connectivity index is 2.21. The third kappa shape index (κ3) is 8.69. The third-order valence-corrected chi connectivity index (χ3v) is 4.02. The Kier molecular flexibility index (Phi) is 7.01. The summed E-state index contributed by atoms with van der Waals surface area (Å²) in [6.07, 6.45) is 2.08. The lowest BCUT2D eigenvalue weighted by Crippen LogP contribution is -2.44. The van der Waals surface area contributed by atoms with E-state index in [1.54, 1.807) is 0 Å². The zero-order valence-corrected chi connectivity index (χ0v) is 15.1. The molecule has 1 rings (SSSR count). The number of carbonyl (C=O) groups is 1. The molecule has 1 aliphatic heterocycles. The normalized spacial score (nSPS) is 20.8. The molecule has 5 heteroatoms. The smallest absolute Gasteiger partial charge is 0.234 e. The number of hydrogen-bond acceptors (Lipinski definition) is 4. The molecule has 21 heavy (non-hydrogen) atoms. The first kappa shape index (κ1) is 18.8. The van der Waals surface area contributed by atoms with Gasteiger partial charge in [0, 0.05) is 24.4 Å². The molecule has 0 aliphatic carbocycles. The molecule has 1 unspecified atom stereocenters. The Morgan fingerprint density at radius 3 is 2.57 bits per heavy atom. The highest BCUT2D eigenvalue weighted by atomic mass is 32.1. The van der Waals surface area contributed by atoms with Crippen LogP contribution in [0, 0.1) is 5.92 Å². The first-order valence-corrected chi connectivity index (χ1v) is 8.37. The molecule has 1 atom stereocenters. The van der Waals surface area contributed by atoms with E-state index in [4.69, 9.17) is 4.74 Å². The molecule has 1 amide bonds. The van der Waals surface area contributed by atoms with Gasteiger partial charge in [-0.25, -0.2) is 0 Å². The van der Waals surface area contributed by atoms with Crippen molar-refractivity contribution in [2.45, 2.75) is 57.8 Å². The van der Waals surface area contributed by atoms with Gasteiger partial charge in [0.05, 0.1) is 12.1 Å². The number of hydrogen-bond donors (Lipinski definition) is 2. The highest BCUT2D eigenvalue weighted by Crippen LogP contribution is 2.19. The monoisotopic (exact) mass is 316 g/mol. The fourth-order valence-electron chi connectivity index (χ4n) is 2.37. The van der Waals surface area contributed by atoms with Crippen LogP contribution in [0.4, 0.5) is 0 Å². The molecule has 0 spiro atoms. The van der Waals surface area contributed by atoms with Crippen LogP contribution in [0.15, 0.2) is 0 Å². The van der Waals surface area contributed by atoms with Gasteiger partial charge in [-0.15, -0.1) is 0 Å². The average Bonchev–Trinajstić information content (AvgIpc) is 2.70. The minimum absolute atomic E-state index is 0.0220. The molecule has 1 fully saturated rings. The van der Waals surface area contributed by atoms with Gasteiger partial charge in [-0.05, 0) is 39.2 Å². The SMILES string of the molecule is CC1CCN(CC(=O)NCC(C)(C)OCCC(C)(C)S)C1. The van der Waals surface area contributed by atoms with E-state index in [0.717, 1.165) is 19.5 Å². The number of amides is 1. The van der Waals surface area contributed by atoms with Crippen molar-refractivity contribution in [2.24, 2.45) is 5.92 Å². The van der Waals surface area contributed by atoms with Crippen molar-refractivity contribution >= 4 is 18.5 Å². The van der Waals surface area contributed by atoms with E-state index in [1.165, 1.54) is 6.42 Å². The van der Waals surface area contributed by atoms with E-state index in [-0.39, 0.29) is 16.3 Å². The quantitative estimate of drug-likeness (QED) is 0.675. The maximum absolute atomic E-state index is 12.0. The summed E-state index contributed by atoms with van der Waals surface area (Å²) in [4.78, 5) is 14.2. The molecule has 4 nitrogen and oxygen atoms in total. The maximum atomic E-state index is 12.0. The minimum atomic E-state index is -0.340. The van der Waals surface area contributed by atoms with Gasteiger partial charge in [-0.2, -0.15) is 12.6 Å². The van der Waals surface area contributed by atoms with Crippen LogP contribution in [0.5, 0.6) is 0 Å². The Morgan fingerprint density at radius 2 is 2.05 bits per heavy atom. The van der Waals surface area contributed by atoms with Crippen LogP contribution in [0.25, 0.3) is 0 Å². The van der Waals surface area contributed by atoms with Crippen LogP contribution >= 0.6 is 12.6 Å². The van der Waals surface area contributed by atoms with E-state index >= 15 is 0 Å². The largest absolute Gasteiger partial charge is 0.374 e. The number of thiol groups is 1. The molecule has 124 valence electrons. The predicted octanol–water partition coefficient (Wildman–Crippen LogP) is 2.34. The molecule has 0 aromatic rings. The average molecular weight is 317 g/mol. The van der Waals surface area contributed by atoms with Crippen LogP contribution in [-0.2, 0) is 9.53 Å². The van der Waals surface area contributed by atoms with Gasteiger partial charge >= 0.3 is 0 Å². The molecule has 1 heterocycles. The summed E-state index contributed by atoms with van der Waals surface area (Å²) in [5.74, 6) is 0.803. The lowest BCUT2D eigenvalue weighted by molar-refractivity contribution is -0.123. The summed E-state index contributed by atoms with van der Waals surface area (Å²) in [7, 11) is 0. The number of rotatable bonds is 8. The highest BCUT2D eigenvalue weighted by molar-refractivity contribution is 7.81. The molecular weight excluding hydrogens is 284 g/mol. The first-order valence-electron chi connectivity index (χ1n) is 7.93.